The molecule has 1 aliphatic heterocycles. The molecule has 0 spiro atoms. The van der Waals surface area contributed by atoms with Gasteiger partial charge in [0.25, 0.3) is 0 Å². The molecule has 0 aromatic heterocycles. The van der Waals surface area contributed by atoms with Gasteiger partial charge in [-0.1, -0.05) is 24.3 Å². The average Bonchev–Trinajstić information content (AvgIpc) is 2.72. The number of nitrogens with one attached hydrogen (secondary N) is 1. The summed E-state index contributed by atoms with van der Waals surface area (Å²) in [5, 5.41) is 0.487. The summed E-state index contributed by atoms with van der Waals surface area (Å²) in [4.78, 5) is -2.34. The molecular formula is C18H16F6N2O4S2. The number of halogens is 6. The van der Waals surface area contributed by atoms with Gasteiger partial charge in [-0.15, -0.1) is 0 Å². The molecule has 2 aromatic carbocycles. The van der Waals surface area contributed by atoms with Crippen LogP contribution in [-0.4, -0.2) is 46.1 Å². The lowest BCUT2D eigenvalue weighted by Gasteiger charge is -2.35. The lowest BCUT2D eigenvalue weighted by Crippen LogP contribution is -2.56. The first-order valence-electron chi connectivity index (χ1n) is 8.97. The Morgan fingerprint density at radius 3 is 1.78 bits per heavy atom. The number of alkyl halides is 6. The van der Waals surface area contributed by atoms with Crippen molar-refractivity contribution < 1.29 is 43.2 Å². The second-order valence-corrected chi connectivity index (χ2v) is 10.7. The Kier molecular flexibility index (Phi) is 6.36. The van der Waals surface area contributed by atoms with E-state index in [1.165, 1.54) is 0 Å². The van der Waals surface area contributed by atoms with Crippen molar-refractivity contribution in [1.29, 1.82) is 0 Å². The number of piperazine rings is 1. The van der Waals surface area contributed by atoms with Gasteiger partial charge in [0.2, 0.25) is 10.0 Å². The maximum Gasteiger partial charge on any atom is 0.417 e. The maximum absolute atomic E-state index is 13.4. The molecule has 0 saturated carbocycles. The molecule has 14 heteroatoms. The molecule has 0 bridgehead atoms. The normalized spacial score (nSPS) is 19.1. The van der Waals surface area contributed by atoms with E-state index in [9.17, 15) is 43.2 Å². The van der Waals surface area contributed by atoms with Crippen molar-refractivity contribution >= 4 is 19.9 Å². The highest BCUT2D eigenvalue weighted by atomic mass is 32.2. The van der Waals surface area contributed by atoms with Gasteiger partial charge in [-0.05, 0) is 24.3 Å². The van der Waals surface area contributed by atoms with Crippen molar-refractivity contribution in [3.63, 3.8) is 0 Å². The molecule has 0 radical (unpaired) electrons. The zero-order valence-electron chi connectivity index (χ0n) is 16.0. The first kappa shape index (κ1) is 24.5. The minimum Gasteiger partial charge on any atom is -0.313 e. The van der Waals surface area contributed by atoms with Crippen LogP contribution in [0, 0.1) is 0 Å². The molecule has 32 heavy (non-hydrogen) atoms. The summed E-state index contributed by atoms with van der Waals surface area (Å²) in [5.41, 5.74) is -3.01. The van der Waals surface area contributed by atoms with Crippen molar-refractivity contribution in [3.05, 3.63) is 59.7 Å². The van der Waals surface area contributed by atoms with E-state index in [-0.39, 0.29) is 6.54 Å². The van der Waals surface area contributed by atoms with Gasteiger partial charge in [-0.2, -0.15) is 30.6 Å². The van der Waals surface area contributed by atoms with Crippen LogP contribution in [0.15, 0.2) is 58.3 Å². The molecule has 1 N–H and O–H groups in total. The SMILES string of the molecule is O=S(=O)(c1ccccc1C(F)(F)F)C1CNCCN1S(=O)(=O)c1ccccc1C(F)(F)F. The third-order valence-corrected chi connectivity index (χ3v) is 8.99. The molecule has 1 fully saturated rings. The topological polar surface area (TPSA) is 83.6 Å². The maximum atomic E-state index is 13.4. The Bertz CT molecular complexity index is 1110. The summed E-state index contributed by atoms with van der Waals surface area (Å²) in [6.07, 6.45) is -10.1. The number of hydrogen-bond donors (Lipinski definition) is 1. The summed E-state index contributed by atoms with van der Waals surface area (Å²) in [5.74, 6) is 0. The van der Waals surface area contributed by atoms with Gasteiger partial charge in [0, 0.05) is 19.6 Å². The van der Waals surface area contributed by atoms with E-state index < -0.39 is 71.6 Å². The summed E-state index contributed by atoms with van der Waals surface area (Å²) in [6, 6.07) is 6.42. The van der Waals surface area contributed by atoms with Crippen molar-refractivity contribution in [1.82, 2.24) is 9.62 Å². The predicted molar refractivity (Wildman–Crippen MR) is 101 cm³/mol. The number of benzene rings is 2. The third kappa shape index (κ3) is 4.49. The smallest absolute Gasteiger partial charge is 0.313 e. The minimum atomic E-state index is -5.06. The van der Waals surface area contributed by atoms with E-state index in [0.29, 0.717) is 28.6 Å². The first-order chi connectivity index (χ1) is 14.7. The Morgan fingerprint density at radius 2 is 1.25 bits per heavy atom. The zero-order chi connectivity index (χ0) is 23.9. The quantitative estimate of drug-likeness (QED) is 0.650. The lowest BCUT2D eigenvalue weighted by atomic mass is 10.2. The summed E-state index contributed by atoms with van der Waals surface area (Å²) >= 11 is 0. The van der Waals surface area contributed by atoms with Gasteiger partial charge >= 0.3 is 12.4 Å². The molecule has 1 unspecified atom stereocenters. The number of sulfone groups is 1. The van der Waals surface area contributed by atoms with Crippen molar-refractivity contribution in [2.75, 3.05) is 19.6 Å². The molecule has 3 rings (SSSR count). The van der Waals surface area contributed by atoms with E-state index in [4.69, 9.17) is 0 Å². The monoisotopic (exact) mass is 502 g/mol. The number of rotatable bonds is 4. The summed E-state index contributed by atoms with van der Waals surface area (Å²) in [6.45, 7) is -1.28. The summed E-state index contributed by atoms with van der Waals surface area (Å²) < 4.78 is 133. The van der Waals surface area contributed by atoms with E-state index in [1.807, 2.05) is 0 Å². The van der Waals surface area contributed by atoms with E-state index in [0.717, 1.165) is 24.3 Å². The Balaban J connectivity index is 2.16. The molecule has 2 aromatic rings. The number of hydrogen-bond acceptors (Lipinski definition) is 5. The molecule has 0 aliphatic carbocycles. The van der Waals surface area contributed by atoms with Gasteiger partial charge in [0.05, 0.1) is 20.9 Å². The fourth-order valence-corrected chi connectivity index (χ4v) is 7.51. The van der Waals surface area contributed by atoms with E-state index >= 15 is 0 Å². The van der Waals surface area contributed by atoms with E-state index in [2.05, 4.69) is 5.32 Å². The standard InChI is InChI=1S/C18H16F6N2O4S2/c19-17(20,21)12-5-1-3-7-14(12)31(27,28)16-11-25-9-10-26(16)32(29,30)15-8-4-2-6-13(15)18(22,23)24/h1-8,16,25H,9-11H2. The largest absolute Gasteiger partial charge is 0.417 e. The first-order valence-corrected chi connectivity index (χ1v) is 12.0. The van der Waals surface area contributed by atoms with Crippen LogP contribution in [-0.2, 0) is 32.2 Å². The predicted octanol–water partition coefficient (Wildman–Crippen LogP) is 3.12. The van der Waals surface area contributed by atoms with Crippen LogP contribution < -0.4 is 5.32 Å². The highest BCUT2D eigenvalue weighted by molar-refractivity contribution is 7.94. The second kappa shape index (κ2) is 8.32. The lowest BCUT2D eigenvalue weighted by molar-refractivity contribution is -0.140. The van der Waals surface area contributed by atoms with E-state index in [1.54, 1.807) is 0 Å². The number of nitrogens with zero attached hydrogens (tertiary/aromatic N) is 1. The van der Waals surface area contributed by atoms with Crippen LogP contribution in [0.3, 0.4) is 0 Å². The highest BCUT2D eigenvalue weighted by Gasteiger charge is 2.47. The van der Waals surface area contributed by atoms with Gasteiger partial charge in [0.15, 0.2) is 9.84 Å². The number of sulfonamides is 1. The fourth-order valence-electron chi connectivity index (χ4n) is 3.35. The van der Waals surface area contributed by atoms with Gasteiger partial charge in [-0.3, -0.25) is 0 Å². The molecule has 1 atom stereocenters. The van der Waals surface area contributed by atoms with Gasteiger partial charge in [-0.25, -0.2) is 16.8 Å². The van der Waals surface area contributed by atoms with Gasteiger partial charge in [0.1, 0.15) is 5.37 Å². The summed E-state index contributed by atoms with van der Waals surface area (Å²) in [7, 11) is -10.0. The highest BCUT2D eigenvalue weighted by Crippen LogP contribution is 2.39. The van der Waals surface area contributed by atoms with Crippen LogP contribution in [0.4, 0.5) is 26.3 Å². The average molecular weight is 502 g/mol. The molecule has 1 heterocycles. The molecule has 1 aliphatic rings. The Hall–Kier alpha value is -2.16. The fraction of sp³-hybridized carbons (Fsp3) is 0.333. The third-order valence-electron chi connectivity index (χ3n) is 4.79. The molecule has 1 saturated heterocycles. The molecule has 176 valence electrons. The van der Waals surface area contributed by atoms with Crippen LogP contribution in [0.5, 0.6) is 0 Å². The van der Waals surface area contributed by atoms with Crippen LogP contribution >= 0.6 is 0 Å². The molecular weight excluding hydrogens is 486 g/mol. The Labute approximate surface area is 179 Å². The van der Waals surface area contributed by atoms with Crippen molar-refractivity contribution in [2.24, 2.45) is 0 Å². The molecule has 6 nitrogen and oxygen atoms in total. The zero-order valence-corrected chi connectivity index (χ0v) is 17.6. The van der Waals surface area contributed by atoms with Crippen molar-refractivity contribution in [3.8, 4) is 0 Å². The van der Waals surface area contributed by atoms with Crippen molar-refractivity contribution in [2.45, 2.75) is 27.5 Å². The van der Waals surface area contributed by atoms with Gasteiger partial charge < -0.3 is 5.32 Å². The van der Waals surface area contributed by atoms with Crippen LogP contribution in [0.2, 0.25) is 0 Å². The Morgan fingerprint density at radius 1 is 0.781 bits per heavy atom. The minimum absolute atomic E-state index is 0.111. The molecule has 0 amide bonds. The van der Waals surface area contributed by atoms with Crippen LogP contribution in [0.1, 0.15) is 11.1 Å². The second-order valence-electron chi connectivity index (χ2n) is 6.81. The van der Waals surface area contributed by atoms with Crippen LogP contribution in [0.25, 0.3) is 0 Å².